The van der Waals surface area contributed by atoms with Gasteiger partial charge in [0.25, 0.3) is 11.8 Å². The highest BCUT2D eigenvalue weighted by Gasteiger charge is 2.29. The molecule has 0 saturated heterocycles. The van der Waals surface area contributed by atoms with Crippen molar-refractivity contribution in [1.29, 1.82) is 0 Å². The molecule has 2 N–H and O–H groups in total. The zero-order valence-electron chi connectivity index (χ0n) is 14.2. The van der Waals surface area contributed by atoms with Crippen molar-refractivity contribution in [3.8, 4) is 0 Å². The Morgan fingerprint density at radius 1 is 0.731 bits per heavy atom. The fraction of sp³-hybridized carbons (Fsp3) is 0.300. The van der Waals surface area contributed by atoms with Crippen molar-refractivity contribution in [1.82, 2.24) is 10.6 Å². The van der Waals surface area contributed by atoms with Crippen LogP contribution in [0.4, 0.5) is 0 Å². The highest BCUT2D eigenvalue weighted by atomic mass is 79.9. The maximum atomic E-state index is 12.6. The SMILES string of the molecule is O=C(N[C@H]1CCCC[C@@H]1NC(=O)c1ccccc1Br)c1ccccc1Br. The summed E-state index contributed by atoms with van der Waals surface area (Å²) in [7, 11) is 0. The van der Waals surface area contributed by atoms with Crippen LogP contribution in [0.3, 0.4) is 0 Å². The van der Waals surface area contributed by atoms with E-state index in [1.807, 2.05) is 36.4 Å². The first-order valence-corrected chi connectivity index (χ1v) is 10.3. The zero-order valence-corrected chi connectivity index (χ0v) is 17.3. The standard InChI is InChI=1S/C20H20Br2N2O2/c21-15-9-3-1-7-13(15)19(25)23-17-11-5-6-12-18(17)24-20(26)14-8-2-4-10-16(14)22/h1-4,7-10,17-18H,5-6,11-12H2,(H,23,25)(H,24,26)/t17-,18-/m0/s1. The zero-order chi connectivity index (χ0) is 18.5. The van der Waals surface area contributed by atoms with Crippen molar-refractivity contribution in [3.05, 3.63) is 68.6 Å². The molecule has 2 aromatic rings. The number of nitrogens with one attached hydrogen (secondary N) is 2. The fourth-order valence-corrected chi connectivity index (χ4v) is 4.19. The second kappa shape index (κ2) is 8.82. The number of hydrogen-bond donors (Lipinski definition) is 2. The average molecular weight is 480 g/mol. The summed E-state index contributed by atoms with van der Waals surface area (Å²) in [5, 5.41) is 6.20. The van der Waals surface area contributed by atoms with Gasteiger partial charge in [0.05, 0.1) is 11.1 Å². The molecule has 0 radical (unpaired) electrons. The predicted molar refractivity (Wildman–Crippen MR) is 109 cm³/mol. The maximum absolute atomic E-state index is 12.6. The van der Waals surface area contributed by atoms with Gasteiger partial charge >= 0.3 is 0 Å². The summed E-state index contributed by atoms with van der Waals surface area (Å²) in [6.07, 6.45) is 3.80. The Labute approximate surface area is 170 Å². The third kappa shape index (κ3) is 4.54. The van der Waals surface area contributed by atoms with Gasteiger partial charge in [-0.1, -0.05) is 37.1 Å². The van der Waals surface area contributed by atoms with Crippen LogP contribution in [0.15, 0.2) is 57.5 Å². The lowest BCUT2D eigenvalue weighted by atomic mass is 9.89. The minimum Gasteiger partial charge on any atom is -0.347 e. The number of benzene rings is 2. The highest BCUT2D eigenvalue weighted by Crippen LogP contribution is 2.22. The fourth-order valence-electron chi connectivity index (χ4n) is 3.26. The molecule has 0 heterocycles. The van der Waals surface area contributed by atoms with Crippen molar-refractivity contribution >= 4 is 43.7 Å². The van der Waals surface area contributed by atoms with Crippen LogP contribution in [-0.4, -0.2) is 23.9 Å². The first kappa shape index (κ1) is 19.1. The topological polar surface area (TPSA) is 58.2 Å². The van der Waals surface area contributed by atoms with Gasteiger partial charge in [-0.15, -0.1) is 0 Å². The molecule has 0 bridgehead atoms. The summed E-state index contributed by atoms with van der Waals surface area (Å²) < 4.78 is 1.53. The number of hydrogen-bond acceptors (Lipinski definition) is 2. The first-order valence-electron chi connectivity index (χ1n) is 8.67. The quantitative estimate of drug-likeness (QED) is 0.668. The van der Waals surface area contributed by atoms with E-state index in [-0.39, 0.29) is 23.9 Å². The normalized spacial score (nSPS) is 19.6. The maximum Gasteiger partial charge on any atom is 0.252 e. The Hall–Kier alpha value is -1.66. The van der Waals surface area contributed by atoms with E-state index in [1.54, 1.807) is 12.1 Å². The summed E-state index contributed by atoms with van der Waals surface area (Å²) in [5.74, 6) is -0.242. The molecular formula is C20H20Br2N2O2. The summed E-state index contributed by atoms with van der Waals surface area (Å²) in [6.45, 7) is 0. The number of rotatable bonds is 4. The molecular weight excluding hydrogens is 460 g/mol. The van der Waals surface area contributed by atoms with Gasteiger partial charge in [-0.25, -0.2) is 0 Å². The van der Waals surface area contributed by atoms with Gasteiger partial charge in [-0.3, -0.25) is 9.59 Å². The molecule has 2 atom stereocenters. The molecule has 6 heteroatoms. The van der Waals surface area contributed by atoms with E-state index in [2.05, 4.69) is 42.5 Å². The van der Waals surface area contributed by atoms with E-state index < -0.39 is 0 Å². The Bertz CT molecular complexity index is 742. The van der Waals surface area contributed by atoms with Crippen molar-refractivity contribution in [2.24, 2.45) is 0 Å². The number of carbonyl (C=O) groups excluding carboxylic acids is 2. The molecule has 0 spiro atoms. The van der Waals surface area contributed by atoms with Crippen molar-refractivity contribution in [3.63, 3.8) is 0 Å². The first-order chi connectivity index (χ1) is 12.6. The van der Waals surface area contributed by atoms with Crippen LogP contribution in [0.25, 0.3) is 0 Å². The molecule has 136 valence electrons. The van der Waals surface area contributed by atoms with E-state index >= 15 is 0 Å². The Morgan fingerprint density at radius 2 is 1.12 bits per heavy atom. The Morgan fingerprint density at radius 3 is 1.50 bits per heavy atom. The molecule has 1 fully saturated rings. The molecule has 1 saturated carbocycles. The smallest absolute Gasteiger partial charge is 0.252 e. The lowest BCUT2D eigenvalue weighted by Gasteiger charge is -2.33. The van der Waals surface area contributed by atoms with Crippen LogP contribution in [0.2, 0.25) is 0 Å². The predicted octanol–water partition coefficient (Wildman–Crippen LogP) is 4.68. The van der Waals surface area contributed by atoms with Crippen molar-refractivity contribution < 1.29 is 9.59 Å². The molecule has 0 aromatic heterocycles. The van der Waals surface area contributed by atoms with Gasteiger partial charge < -0.3 is 10.6 Å². The van der Waals surface area contributed by atoms with Crippen LogP contribution in [0.1, 0.15) is 46.4 Å². The molecule has 3 rings (SSSR count). The van der Waals surface area contributed by atoms with Gasteiger partial charge in [0.15, 0.2) is 0 Å². The van der Waals surface area contributed by atoms with E-state index in [1.165, 1.54) is 0 Å². The molecule has 2 aromatic carbocycles. The van der Waals surface area contributed by atoms with E-state index in [9.17, 15) is 9.59 Å². The number of amides is 2. The van der Waals surface area contributed by atoms with Crippen molar-refractivity contribution in [2.75, 3.05) is 0 Å². The van der Waals surface area contributed by atoms with Gasteiger partial charge in [0, 0.05) is 21.0 Å². The Kier molecular flexibility index (Phi) is 6.48. The Balaban J connectivity index is 1.70. The van der Waals surface area contributed by atoms with Crippen molar-refractivity contribution in [2.45, 2.75) is 37.8 Å². The molecule has 26 heavy (non-hydrogen) atoms. The molecule has 4 nitrogen and oxygen atoms in total. The monoisotopic (exact) mass is 478 g/mol. The van der Waals surface area contributed by atoms with Crippen LogP contribution in [0.5, 0.6) is 0 Å². The lowest BCUT2D eigenvalue weighted by molar-refractivity contribution is 0.0862. The summed E-state index contributed by atoms with van der Waals surface area (Å²) in [5.41, 5.74) is 1.21. The molecule has 1 aliphatic rings. The largest absolute Gasteiger partial charge is 0.347 e. The average Bonchev–Trinajstić information content (AvgIpc) is 2.64. The third-order valence-corrected chi connectivity index (χ3v) is 6.02. The minimum atomic E-state index is -0.121. The van der Waals surface area contributed by atoms with Crippen LogP contribution < -0.4 is 10.6 Å². The van der Waals surface area contributed by atoms with Gasteiger partial charge in [0.1, 0.15) is 0 Å². The van der Waals surface area contributed by atoms with E-state index in [0.717, 1.165) is 34.6 Å². The minimum absolute atomic E-state index is 0.0743. The second-order valence-electron chi connectivity index (χ2n) is 6.40. The van der Waals surface area contributed by atoms with Crippen LogP contribution in [-0.2, 0) is 0 Å². The van der Waals surface area contributed by atoms with Crippen LogP contribution in [0, 0.1) is 0 Å². The second-order valence-corrected chi connectivity index (χ2v) is 8.11. The number of halogens is 2. The summed E-state index contributed by atoms with van der Waals surface area (Å²) in [4.78, 5) is 25.3. The van der Waals surface area contributed by atoms with E-state index in [4.69, 9.17) is 0 Å². The molecule has 1 aliphatic carbocycles. The lowest BCUT2D eigenvalue weighted by Crippen LogP contribution is -2.53. The summed E-state index contributed by atoms with van der Waals surface area (Å²) in [6, 6.07) is 14.6. The summed E-state index contributed by atoms with van der Waals surface area (Å²) >= 11 is 6.84. The highest BCUT2D eigenvalue weighted by molar-refractivity contribution is 9.10. The van der Waals surface area contributed by atoms with Crippen LogP contribution >= 0.6 is 31.9 Å². The molecule has 0 unspecified atom stereocenters. The number of carbonyl (C=O) groups is 2. The molecule has 2 amide bonds. The van der Waals surface area contributed by atoms with Gasteiger partial charge in [-0.2, -0.15) is 0 Å². The van der Waals surface area contributed by atoms with Gasteiger partial charge in [-0.05, 0) is 69.0 Å². The van der Waals surface area contributed by atoms with E-state index in [0.29, 0.717) is 11.1 Å². The third-order valence-electron chi connectivity index (χ3n) is 4.64. The van der Waals surface area contributed by atoms with Gasteiger partial charge in [0.2, 0.25) is 0 Å². The molecule has 0 aliphatic heterocycles.